The van der Waals surface area contributed by atoms with Crippen LogP contribution in [0.2, 0.25) is 0 Å². The summed E-state index contributed by atoms with van der Waals surface area (Å²) in [6.45, 7) is 2.52. The number of nitrogens with one attached hydrogen (secondary N) is 1. The van der Waals surface area contributed by atoms with Crippen molar-refractivity contribution in [1.29, 1.82) is 0 Å². The lowest BCUT2D eigenvalue weighted by atomic mass is 9.93. The number of hydrogen-bond acceptors (Lipinski definition) is 6. The number of aromatic nitrogens is 2. The van der Waals surface area contributed by atoms with Crippen LogP contribution in [-0.4, -0.2) is 26.4 Å². The van der Waals surface area contributed by atoms with Crippen molar-refractivity contribution in [2.24, 2.45) is 18.6 Å². The van der Waals surface area contributed by atoms with Gasteiger partial charge in [-0.1, -0.05) is 18.2 Å². The molecular formula is C22H26N6O. The number of nitrogens with zero attached hydrogens (tertiary/aromatic N) is 3. The Labute approximate surface area is 170 Å². The van der Waals surface area contributed by atoms with Crippen LogP contribution in [0.1, 0.15) is 30.5 Å². The fourth-order valence-electron chi connectivity index (χ4n) is 3.89. The maximum Gasteiger partial charge on any atom is 0.117 e. The summed E-state index contributed by atoms with van der Waals surface area (Å²) >= 11 is 0. The number of hydrogen-bond donors (Lipinski definition) is 4. The zero-order valence-corrected chi connectivity index (χ0v) is 16.6. The number of aryl methyl sites for hydroxylation is 1. The van der Waals surface area contributed by atoms with Crippen molar-refractivity contribution in [2.45, 2.75) is 19.4 Å². The minimum absolute atomic E-state index is 0.00585. The van der Waals surface area contributed by atoms with Gasteiger partial charge in [-0.2, -0.15) is 5.10 Å². The second-order valence-corrected chi connectivity index (χ2v) is 7.47. The van der Waals surface area contributed by atoms with Crippen LogP contribution in [0.15, 0.2) is 60.6 Å². The number of hydrazine groups is 1. The third-order valence-electron chi connectivity index (χ3n) is 5.23. The molecule has 7 nitrogen and oxygen atoms in total. The van der Waals surface area contributed by atoms with E-state index >= 15 is 0 Å². The van der Waals surface area contributed by atoms with E-state index in [4.69, 9.17) is 11.6 Å². The number of fused-ring (bicyclic) bond motifs is 1. The van der Waals surface area contributed by atoms with Gasteiger partial charge in [-0.15, -0.1) is 0 Å². The molecule has 4 rings (SSSR count). The van der Waals surface area contributed by atoms with E-state index in [1.807, 2.05) is 38.5 Å². The average molecular weight is 390 g/mol. The smallest absolute Gasteiger partial charge is 0.117 e. The maximum atomic E-state index is 9.84. The van der Waals surface area contributed by atoms with Crippen LogP contribution in [-0.2, 0) is 7.05 Å². The summed E-state index contributed by atoms with van der Waals surface area (Å²) in [5.74, 6) is 6.57. The van der Waals surface area contributed by atoms with Gasteiger partial charge in [0.05, 0.1) is 17.9 Å². The van der Waals surface area contributed by atoms with Crippen LogP contribution < -0.4 is 16.9 Å². The van der Waals surface area contributed by atoms with Crippen molar-refractivity contribution in [3.63, 3.8) is 0 Å². The lowest BCUT2D eigenvalue weighted by Gasteiger charge is -2.22. The Bertz CT molecular complexity index is 1070. The van der Waals surface area contributed by atoms with E-state index < -0.39 is 0 Å². The van der Waals surface area contributed by atoms with Gasteiger partial charge in [0.2, 0.25) is 0 Å². The van der Waals surface area contributed by atoms with E-state index in [2.05, 4.69) is 28.6 Å². The minimum atomic E-state index is 0.00585. The van der Waals surface area contributed by atoms with E-state index in [9.17, 15) is 5.11 Å². The summed E-state index contributed by atoms with van der Waals surface area (Å²) in [4.78, 5) is 0. The highest BCUT2D eigenvalue weighted by molar-refractivity contribution is 5.75. The van der Waals surface area contributed by atoms with Gasteiger partial charge < -0.3 is 21.2 Å². The predicted molar refractivity (Wildman–Crippen MR) is 115 cm³/mol. The molecule has 0 saturated carbocycles. The minimum Gasteiger partial charge on any atom is -0.508 e. The number of phenolic OH excluding ortho intramolecular Hbond substituents is 1. The van der Waals surface area contributed by atoms with E-state index in [1.54, 1.807) is 21.8 Å². The zero-order chi connectivity index (χ0) is 20.5. The van der Waals surface area contributed by atoms with E-state index in [1.165, 1.54) is 0 Å². The van der Waals surface area contributed by atoms with Crippen molar-refractivity contribution in [3.8, 4) is 16.9 Å². The molecule has 1 aliphatic heterocycles. The van der Waals surface area contributed by atoms with Crippen LogP contribution in [0.4, 0.5) is 5.69 Å². The van der Waals surface area contributed by atoms with Crippen molar-refractivity contribution in [3.05, 3.63) is 71.7 Å². The molecule has 0 spiro atoms. The van der Waals surface area contributed by atoms with Crippen LogP contribution in [0.3, 0.4) is 0 Å². The third kappa shape index (κ3) is 3.77. The molecule has 0 radical (unpaired) electrons. The molecule has 3 aromatic rings. The summed E-state index contributed by atoms with van der Waals surface area (Å²) < 4.78 is 1.79. The SMILES string of the molecule is C/C(N)=C1\c2ccc(-c3cnn(C)c3)cc2C(Nc2cccc(O)c2)CCN1N. The highest BCUT2D eigenvalue weighted by atomic mass is 16.3. The van der Waals surface area contributed by atoms with Gasteiger partial charge in [-0.25, -0.2) is 5.84 Å². The van der Waals surface area contributed by atoms with E-state index in [-0.39, 0.29) is 11.8 Å². The largest absolute Gasteiger partial charge is 0.508 e. The number of aromatic hydroxyl groups is 1. The number of nitrogens with two attached hydrogens (primary N) is 2. The molecule has 0 fully saturated rings. The standard InChI is InChI=1S/C22H26N6O/c1-14(23)22-19-7-6-15(16-12-25-27(2)13-16)10-20(19)21(8-9-28(22)24)26-17-4-3-5-18(29)11-17/h3-7,10-13,21,26,29H,8-9,23-24H2,1-2H3/b22-14-. The predicted octanol–water partition coefficient (Wildman–Crippen LogP) is 3.17. The van der Waals surface area contributed by atoms with Gasteiger partial charge in [0, 0.05) is 48.4 Å². The lowest BCUT2D eigenvalue weighted by Crippen LogP contribution is -2.31. The Morgan fingerprint density at radius 1 is 1.21 bits per heavy atom. The van der Waals surface area contributed by atoms with Crippen molar-refractivity contribution in [2.75, 3.05) is 11.9 Å². The molecule has 2 heterocycles. The van der Waals surface area contributed by atoms with Crippen LogP contribution in [0, 0.1) is 0 Å². The number of rotatable bonds is 3. The Balaban J connectivity index is 1.83. The number of phenols is 1. The quantitative estimate of drug-likeness (QED) is 0.512. The van der Waals surface area contributed by atoms with Crippen LogP contribution in [0.25, 0.3) is 16.8 Å². The Morgan fingerprint density at radius 3 is 2.72 bits per heavy atom. The Morgan fingerprint density at radius 2 is 2.03 bits per heavy atom. The summed E-state index contributed by atoms with van der Waals surface area (Å²) in [5, 5.41) is 19.4. The van der Waals surface area contributed by atoms with E-state index in [0.29, 0.717) is 12.2 Å². The third-order valence-corrected chi connectivity index (χ3v) is 5.23. The van der Waals surface area contributed by atoms with Gasteiger partial charge in [0.15, 0.2) is 0 Å². The van der Waals surface area contributed by atoms with Gasteiger partial charge in [0.1, 0.15) is 5.75 Å². The second kappa shape index (κ2) is 7.52. The fourth-order valence-corrected chi connectivity index (χ4v) is 3.89. The number of allylic oxidation sites excluding steroid dienone is 1. The molecule has 6 N–H and O–H groups in total. The lowest BCUT2D eigenvalue weighted by molar-refractivity contribution is 0.402. The van der Waals surface area contributed by atoms with Crippen molar-refractivity contribution in [1.82, 2.24) is 14.8 Å². The molecule has 2 aromatic carbocycles. The normalized spacial score (nSPS) is 18.2. The molecule has 1 unspecified atom stereocenters. The highest BCUT2D eigenvalue weighted by Gasteiger charge is 2.26. The monoisotopic (exact) mass is 390 g/mol. The Kier molecular flexibility index (Phi) is 4.90. The average Bonchev–Trinajstić information content (AvgIpc) is 3.06. The van der Waals surface area contributed by atoms with Gasteiger partial charge in [-0.05, 0) is 42.7 Å². The second-order valence-electron chi connectivity index (χ2n) is 7.47. The first-order valence-corrected chi connectivity index (χ1v) is 9.60. The maximum absolute atomic E-state index is 9.84. The molecule has 0 bridgehead atoms. The fraction of sp³-hybridized carbons (Fsp3) is 0.227. The molecule has 0 saturated heterocycles. The van der Waals surface area contributed by atoms with Crippen LogP contribution >= 0.6 is 0 Å². The molecule has 7 heteroatoms. The topological polar surface area (TPSA) is 105 Å². The molecular weight excluding hydrogens is 364 g/mol. The zero-order valence-electron chi connectivity index (χ0n) is 16.6. The number of benzene rings is 2. The summed E-state index contributed by atoms with van der Waals surface area (Å²) in [5.41, 5.74) is 12.8. The molecule has 0 aliphatic carbocycles. The van der Waals surface area contributed by atoms with Gasteiger partial charge >= 0.3 is 0 Å². The van der Waals surface area contributed by atoms with Gasteiger partial charge in [0.25, 0.3) is 0 Å². The molecule has 29 heavy (non-hydrogen) atoms. The summed E-state index contributed by atoms with van der Waals surface area (Å²) in [7, 11) is 1.91. The molecule has 150 valence electrons. The molecule has 1 aromatic heterocycles. The first-order chi connectivity index (χ1) is 13.9. The first-order valence-electron chi connectivity index (χ1n) is 9.60. The van der Waals surface area contributed by atoms with Crippen molar-refractivity contribution >= 4 is 11.4 Å². The molecule has 1 aliphatic rings. The highest BCUT2D eigenvalue weighted by Crippen LogP contribution is 2.37. The van der Waals surface area contributed by atoms with E-state index in [0.717, 1.165) is 40.1 Å². The molecule has 0 amide bonds. The first kappa shape index (κ1) is 18.9. The van der Waals surface area contributed by atoms with Crippen molar-refractivity contribution < 1.29 is 5.11 Å². The number of anilines is 1. The van der Waals surface area contributed by atoms with Crippen LogP contribution in [0.5, 0.6) is 5.75 Å². The molecule has 1 atom stereocenters. The summed E-state index contributed by atoms with van der Waals surface area (Å²) in [6.07, 6.45) is 4.64. The summed E-state index contributed by atoms with van der Waals surface area (Å²) in [6, 6.07) is 13.5. The van der Waals surface area contributed by atoms with Gasteiger partial charge in [-0.3, -0.25) is 4.68 Å². The Hall–Kier alpha value is -3.45.